The second-order valence-electron chi connectivity index (χ2n) is 22.0. The molecule has 0 aliphatic carbocycles. The van der Waals surface area contributed by atoms with Crippen LogP contribution in [0.15, 0.2) is 55.2 Å². The van der Waals surface area contributed by atoms with Gasteiger partial charge in [-0.1, -0.05) is 76.3 Å². The second-order valence-corrected chi connectivity index (χ2v) is 24.8. The number of piperazine rings is 2. The van der Waals surface area contributed by atoms with Gasteiger partial charge in [-0.05, 0) is 147 Å². The van der Waals surface area contributed by atoms with E-state index in [1.54, 1.807) is 28.3 Å². The molecule has 79 heavy (non-hydrogen) atoms. The highest BCUT2D eigenvalue weighted by atomic mass is 79.9. The number of pyridine rings is 2. The van der Waals surface area contributed by atoms with Crippen LogP contribution in [0.3, 0.4) is 0 Å². The third-order valence-corrected chi connectivity index (χ3v) is 15.4. The van der Waals surface area contributed by atoms with Crippen LogP contribution in [0.2, 0.25) is 15.2 Å². The van der Waals surface area contributed by atoms with Crippen molar-refractivity contribution in [3.63, 3.8) is 0 Å². The first-order valence-corrected chi connectivity index (χ1v) is 28.9. The first kappa shape index (κ1) is 63.2. The van der Waals surface area contributed by atoms with Crippen molar-refractivity contribution in [3.8, 4) is 11.4 Å². The normalized spacial score (nSPS) is 16.0. The lowest BCUT2D eigenvalue weighted by molar-refractivity contribution is 0.0190. The Morgan fingerprint density at radius 1 is 0.709 bits per heavy atom. The summed E-state index contributed by atoms with van der Waals surface area (Å²) in [7, 11) is 0. The molecule has 6 aromatic rings. The van der Waals surface area contributed by atoms with Crippen LogP contribution in [-0.2, 0) is 9.47 Å². The highest BCUT2D eigenvalue weighted by Gasteiger charge is 2.35. The Morgan fingerprint density at radius 2 is 1.16 bits per heavy atom. The molecule has 0 unspecified atom stereocenters. The SMILES string of the molecule is CC[C@H]1CN(C(=O)OC(C)(C)C)CCN1.CC[C@H]1CN(C(=O)OC(C)(C)C)CCN1c1nc(=O)n(-c2c(C)ccnc2C(C)C)c2cc(Cl)c(F)c(Br)c12.Cc1ccnc(C(C)C)c1-n1c(=O)nc(Cl)c2c(Br)c(F)c(Cl)cc21. The number of rotatable bonds is 7. The molecule has 0 radical (unpaired) electrons. The number of hydrogen-bond donors (Lipinski definition) is 1. The molecule has 2 aliphatic rings. The zero-order chi connectivity index (χ0) is 58.7. The van der Waals surface area contributed by atoms with Crippen molar-refractivity contribution in [3.05, 3.63) is 116 Å². The average molecular weight is 1280 g/mol. The number of halogens is 7. The second kappa shape index (κ2) is 25.9. The number of carbonyl (C=O) groups excluding carboxylic acids is 2. The van der Waals surface area contributed by atoms with Crippen LogP contribution in [0.25, 0.3) is 33.2 Å². The van der Waals surface area contributed by atoms with Crippen molar-refractivity contribution in [1.29, 1.82) is 0 Å². The van der Waals surface area contributed by atoms with E-state index >= 15 is 4.39 Å². The summed E-state index contributed by atoms with van der Waals surface area (Å²) >= 11 is 25.0. The molecule has 2 aliphatic heterocycles. The molecule has 428 valence electrons. The average Bonchev–Trinajstić information content (AvgIpc) is 3.38. The van der Waals surface area contributed by atoms with E-state index in [2.05, 4.69) is 64.0 Å². The molecule has 2 atom stereocenters. The minimum atomic E-state index is -0.657. The number of nitrogens with one attached hydrogen (secondary N) is 1. The van der Waals surface area contributed by atoms with Crippen molar-refractivity contribution >= 4 is 106 Å². The molecule has 2 fully saturated rings. The van der Waals surface area contributed by atoms with Crippen LogP contribution in [0, 0.1) is 25.5 Å². The van der Waals surface area contributed by atoms with E-state index in [0.29, 0.717) is 65.7 Å². The van der Waals surface area contributed by atoms with Crippen LogP contribution in [-0.4, -0.2) is 114 Å². The van der Waals surface area contributed by atoms with Crippen molar-refractivity contribution < 1.29 is 27.8 Å². The van der Waals surface area contributed by atoms with Gasteiger partial charge >= 0.3 is 23.6 Å². The van der Waals surface area contributed by atoms with Gasteiger partial charge in [0.2, 0.25) is 0 Å². The van der Waals surface area contributed by atoms with Gasteiger partial charge in [0.1, 0.15) is 22.2 Å². The van der Waals surface area contributed by atoms with Gasteiger partial charge in [-0.25, -0.2) is 28.0 Å². The standard InChI is InChI=1S/C28H34BrClFN5O3.C17H13BrCl2FN3O.C11H22N2O2/c1-8-17-14-34(27(38)39-28(5,6)7)11-12-35(17)25-20-19(13-18(30)22(31)21(20)29)36(26(37)33-25)24-16(4)9-10-32-23(24)15(2)3;1-7(2)14-15(8(3)4-5-22-14)24-10-6-9(19)13(21)12(18)11(10)16(20)23-17(24)25;1-5-9-8-13(7-6-12-9)10(14)15-11(2,3)4/h9-10,13,15,17H,8,11-12,14H2,1-7H3;4-7H,1-3H3;9,12H,5-8H2,1-4H3/t17-;;9-/m0.0/s1. The van der Waals surface area contributed by atoms with Gasteiger partial charge in [-0.15, -0.1) is 0 Å². The van der Waals surface area contributed by atoms with Crippen LogP contribution in [0.1, 0.15) is 130 Å². The summed E-state index contributed by atoms with van der Waals surface area (Å²) < 4.78 is 43.4. The number of amides is 2. The van der Waals surface area contributed by atoms with Gasteiger partial charge in [0, 0.05) is 63.7 Å². The third-order valence-electron chi connectivity index (χ3n) is 13.1. The molecular weight excluding hydrogens is 1210 g/mol. The lowest BCUT2D eigenvalue weighted by Gasteiger charge is -2.42. The Morgan fingerprint density at radius 3 is 1.62 bits per heavy atom. The topological polar surface area (TPSA) is 170 Å². The number of aryl methyl sites for hydroxylation is 2. The van der Waals surface area contributed by atoms with E-state index < -0.39 is 34.2 Å². The van der Waals surface area contributed by atoms with Crippen molar-refractivity contribution in [1.82, 2.24) is 44.2 Å². The van der Waals surface area contributed by atoms with Gasteiger partial charge in [-0.3, -0.25) is 19.1 Å². The van der Waals surface area contributed by atoms with E-state index in [1.165, 1.54) is 21.3 Å². The quantitative estimate of drug-likeness (QED) is 0.119. The lowest BCUT2D eigenvalue weighted by atomic mass is 10.0. The number of aromatic nitrogens is 6. The van der Waals surface area contributed by atoms with E-state index in [4.69, 9.17) is 44.3 Å². The predicted octanol–water partition coefficient (Wildman–Crippen LogP) is 13.6. The van der Waals surface area contributed by atoms with Gasteiger partial charge in [0.15, 0.2) is 11.6 Å². The summed E-state index contributed by atoms with van der Waals surface area (Å²) in [5, 5.41) is 3.74. The largest absolute Gasteiger partial charge is 0.444 e. The van der Waals surface area contributed by atoms with Crippen LogP contribution in [0.5, 0.6) is 0 Å². The maximum atomic E-state index is 15.2. The van der Waals surface area contributed by atoms with Crippen LogP contribution in [0.4, 0.5) is 24.2 Å². The summed E-state index contributed by atoms with van der Waals surface area (Å²) in [6, 6.07) is 6.71. The van der Waals surface area contributed by atoms with Gasteiger partial charge in [0.25, 0.3) is 0 Å². The minimum absolute atomic E-state index is 0.0197. The summed E-state index contributed by atoms with van der Waals surface area (Å²) in [6.45, 7) is 30.5. The summed E-state index contributed by atoms with van der Waals surface area (Å²) in [4.78, 5) is 73.8. The highest BCUT2D eigenvalue weighted by molar-refractivity contribution is 9.11. The number of hydrogen-bond acceptors (Lipinski definition) is 12. The Labute approximate surface area is 491 Å². The van der Waals surface area contributed by atoms with Gasteiger partial charge in [0.05, 0.1) is 63.6 Å². The fraction of sp³-hybridized carbons (Fsp3) is 0.500. The number of nitrogens with zero attached hydrogens (tertiary/aromatic N) is 9. The van der Waals surface area contributed by atoms with Crippen LogP contribution < -0.4 is 21.6 Å². The molecule has 0 saturated carbocycles. The molecule has 16 nitrogen and oxygen atoms in total. The van der Waals surface area contributed by atoms with E-state index in [0.717, 1.165) is 48.6 Å². The molecule has 0 bridgehead atoms. The molecule has 6 heterocycles. The molecular formula is C56H69Br2Cl3F2N10O6. The number of fused-ring (bicyclic) bond motifs is 2. The van der Waals surface area contributed by atoms with E-state index in [9.17, 15) is 23.6 Å². The smallest absolute Gasteiger partial charge is 0.410 e. The first-order chi connectivity index (χ1) is 36.9. The summed E-state index contributed by atoms with van der Waals surface area (Å²) in [5.74, 6) is -0.866. The fourth-order valence-corrected chi connectivity index (χ4v) is 11.5. The Balaban J connectivity index is 0.000000214. The van der Waals surface area contributed by atoms with E-state index in [1.807, 2.05) is 101 Å². The number of carbonyl (C=O) groups is 2. The lowest BCUT2D eigenvalue weighted by Crippen LogP contribution is -2.56. The van der Waals surface area contributed by atoms with Gasteiger partial charge < -0.3 is 29.5 Å². The monoisotopic (exact) mass is 1280 g/mol. The summed E-state index contributed by atoms with van der Waals surface area (Å²) in [5.41, 5.74) is 3.01. The fourth-order valence-electron chi connectivity index (χ4n) is 9.30. The number of ether oxygens (including phenoxy) is 2. The number of anilines is 1. The Bertz CT molecular complexity index is 3390. The zero-order valence-electron chi connectivity index (χ0n) is 47.1. The molecule has 8 rings (SSSR count). The van der Waals surface area contributed by atoms with Crippen molar-refractivity contribution in [2.24, 2.45) is 0 Å². The molecule has 23 heteroatoms. The zero-order valence-corrected chi connectivity index (χ0v) is 52.5. The molecule has 2 saturated heterocycles. The maximum absolute atomic E-state index is 15.2. The molecule has 1 N–H and O–H groups in total. The minimum Gasteiger partial charge on any atom is -0.444 e. The van der Waals surface area contributed by atoms with Crippen molar-refractivity contribution in [2.45, 2.75) is 145 Å². The summed E-state index contributed by atoms with van der Waals surface area (Å²) in [6.07, 6.45) is 4.52. The third kappa shape index (κ3) is 14.4. The maximum Gasteiger partial charge on any atom is 0.410 e. The van der Waals surface area contributed by atoms with Crippen molar-refractivity contribution in [2.75, 3.05) is 44.2 Å². The Kier molecular flexibility index (Phi) is 20.7. The van der Waals surface area contributed by atoms with Gasteiger partial charge in [-0.2, -0.15) is 9.97 Å². The predicted molar refractivity (Wildman–Crippen MR) is 317 cm³/mol. The molecule has 2 aromatic carbocycles. The van der Waals surface area contributed by atoms with E-state index in [-0.39, 0.29) is 59.6 Å². The molecule has 2 amide bonds. The first-order valence-electron chi connectivity index (χ1n) is 26.1. The molecule has 4 aromatic heterocycles. The molecule has 0 spiro atoms. The highest BCUT2D eigenvalue weighted by Crippen LogP contribution is 2.40. The Hall–Kier alpha value is -4.99. The van der Waals surface area contributed by atoms with Crippen LogP contribution >= 0.6 is 66.7 Å². The number of benzene rings is 2.